The zero-order chi connectivity index (χ0) is 17.6. The Kier molecular flexibility index (Phi) is 6.32. The van der Waals surface area contributed by atoms with E-state index in [0.29, 0.717) is 12.6 Å². The lowest BCUT2D eigenvalue weighted by molar-refractivity contribution is -0.122. The van der Waals surface area contributed by atoms with Gasteiger partial charge in [-0.25, -0.2) is 0 Å². The van der Waals surface area contributed by atoms with E-state index < -0.39 is 0 Å². The maximum Gasteiger partial charge on any atom is 0.234 e. The summed E-state index contributed by atoms with van der Waals surface area (Å²) in [4.78, 5) is 19.0. The number of rotatable bonds is 8. The fraction of sp³-hybridized carbons (Fsp3) is 0.650. The van der Waals surface area contributed by atoms with Gasteiger partial charge in [0.2, 0.25) is 5.91 Å². The minimum absolute atomic E-state index is 0.165. The Labute approximate surface area is 152 Å². The molecule has 1 heterocycles. The highest BCUT2D eigenvalue weighted by molar-refractivity contribution is 5.78. The highest BCUT2D eigenvalue weighted by Crippen LogP contribution is 2.24. The van der Waals surface area contributed by atoms with Crippen molar-refractivity contribution in [2.45, 2.75) is 32.2 Å². The van der Waals surface area contributed by atoms with Crippen molar-refractivity contribution in [3.8, 4) is 0 Å². The van der Waals surface area contributed by atoms with Crippen molar-refractivity contribution in [3.63, 3.8) is 0 Å². The fourth-order valence-electron chi connectivity index (χ4n) is 3.51. The quantitative estimate of drug-likeness (QED) is 0.729. The molecule has 0 atom stereocenters. The number of nitrogens with one attached hydrogen (secondary N) is 1. The second-order valence-electron chi connectivity index (χ2n) is 7.52. The average molecular weight is 345 g/mol. The van der Waals surface area contributed by atoms with E-state index in [0.717, 1.165) is 45.7 Å². The van der Waals surface area contributed by atoms with E-state index in [1.807, 2.05) is 7.05 Å². The molecule has 1 aliphatic carbocycles. The summed E-state index contributed by atoms with van der Waals surface area (Å²) in [6.07, 6.45) is 3.53. The highest BCUT2D eigenvalue weighted by Gasteiger charge is 2.27. The van der Waals surface area contributed by atoms with Gasteiger partial charge in [-0.2, -0.15) is 0 Å². The van der Waals surface area contributed by atoms with Crippen LogP contribution in [-0.4, -0.2) is 74.6 Å². The van der Waals surface area contributed by atoms with Gasteiger partial charge in [-0.1, -0.05) is 12.1 Å². The van der Waals surface area contributed by atoms with Gasteiger partial charge in [0.25, 0.3) is 0 Å². The van der Waals surface area contributed by atoms with Crippen molar-refractivity contribution in [1.82, 2.24) is 15.1 Å². The molecule has 0 unspecified atom stereocenters. The molecule has 0 spiro atoms. The zero-order valence-corrected chi connectivity index (χ0v) is 15.7. The minimum atomic E-state index is 0.165. The van der Waals surface area contributed by atoms with Crippen LogP contribution in [0.4, 0.5) is 5.69 Å². The third kappa shape index (κ3) is 5.72. The number of aryl methyl sites for hydroxylation is 1. The van der Waals surface area contributed by atoms with Gasteiger partial charge in [0.05, 0.1) is 6.54 Å². The number of anilines is 1. The summed E-state index contributed by atoms with van der Waals surface area (Å²) in [5.41, 5.74) is 2.66. The number of piperazine rings is 1. The second kappa shape index (κ2) is 8.68. The van der Waals surface area contributed by atoms with Gasteiger partial charge in [-0.3, -0.25) is 14.6 Å². The topological polar surface area (TPSA) is 38.8 Å². The summed E-state index contributed by atoms with van der Waals surface area (Å²) >= 11 is 0. The Morgan fingerprint density at radius 3 is 2.68 bits per heavy atom. The van der Waals surface area contributed by atoms with E-state index in [1.165, 1.54) is 24.1 Å². The molecule has 0 aromatic heterocycles. The average Bonchev–Trinajstić information content (AvgIpc) is 3.44. The van der Waals surface area contributed by atoms with Gasteiger partial charge >= 0.3 is 0 Å². The third-order valence-electron chi connectivity index (χ3n) is 5.28. The summed E-state index contributed by atoms with van der Waals surface area (Å²) in [7, 11) is 2.05. The number of benzene rings is 1. The Bertz CT molecular complexity index is 565. The SMILES string of the molecule is Cc1cccc(N2CCN(CCCNC(=O)CN(C)C3CC3)CC2)c1. The predicted octanol–water partition coefficient (Wildman–Crippen LogP) is 1.72. The fourth-order valence-corrected chi connectivity index (χ4v) is 3.51. The molecular weight excluding hydrogens is 312 g/mol. The van der Waals surface area contributed by atoms with E-state index in [1.54, 1.807) is 0 Å². The monoisotopic (exact) mass is 344 g/mol. The normalized spacial score (nSPS) is 18.6. The molecule has 5 heteroatoms. The molecule has 138 valence electrons. The van der Waals surface area contributed by atoms with Crippen LogP contribution in [-0.2, 0) is 4.79 Å². The van der Waals surface area contributed by atoms with Gasteiger partial charge in [0.15, 0.2) is 0 Å². The Morgan fingerprint density at radius 2 is 2.00 bits per heavy atom. The molecule has 1 aromatic carbocycles. The van der Waals surface area contributed by atoms with Crippen LogP contribution in [0, 0.1) is 6.92 Å². The second-order valence-corrected chi connectivity index (χ2v) is 7.52. The molecule has 5 nitrogen and oxygen atoms in total. The largest absolute Gasteiger partial charge is 0.369 e. The van der Waals surface area contributed by atoms with Crippen LogP contribution in [0.15, 0.2) is 24.3 Å². The number of carbonyl (C=O) groups excluding carboxylic acids is 1. The summed E-state index contributed by atoms with van der Waals surface area (Å²) in [5, 5.41) is 3.06. The summed E-state index contributed by atoms with van der Waals surface area (Å²) in [5.74, 6) is 0.165. The van der Waals surface area contributed by atoms with Crippen LogP contribution in [0.25, 0.3) is 0 Å². The molecule has 1 amide bonds. The van der Waals surface area contributed by atoms with Gasteiger partial charge < -0.3 is 10.2 Å². The third-order valence-corrected chi connectivity index (χ3v) is 5.28. The van der Waals surface area contributed by atoms with Gasteiger partial charge in [-0.15, -0.1) is 0 Å². The molecule has 2 aliphatic rings. The van der Waals surface area contributed by atoms with Gasteiger partial charge in [-0.05, 0) is 57.5 Å². The van der Waals surface area contributed by atoms with Crippen LogP contribution in [0.2, 0.25) is 0 Å². The van der Waals surface area contributed by atoms with Crippen molar-refractivity contribution >= 4 is 11.6 Å². The van der Waals surface area contributed by atoms with E-state index in [-0.39, 0.29) is 5.91 Å². The molecule has 25 heavy (non-hydrogen) atoms. The predicted molar refractivity (Wildman–Crippen MR) is 103 cm³/mol. The lowest BCUT2D eigenvalue weighted by atomic mass is 10.2. The molecule has 1 aliphatic heterocycles. The first-order valence-electron chi connectivity index (χ1n) is 9.63. The molecule has 3 rings (SSSR count). The number of carbonyl (C=O) groups is 1. The Balaban J connectivity index is 1.28. The summed E-state index contributed by atoms with van der Waals surface area (Å²) < 4.78 is 0. The molecule has 1 saturated heterocycles. The van der Waals surface area contributed by atoms with Crippen LogP contribution in [0.5, 0.6) is 0 Å². The van der Waals surface area contributed by atoms with Crippen molar-refractivity contribution in [1.29, 1.82) is 0 Å². The first kappa shape index (κ1) is 18.2. The minimum Gasteiger partial charge on any atom is -0.369 e. The van der Waals surface area contributed by atoms with E-state index in [2.05, 4.69) is 51.2 Å². The number of hydrogen-bond acceptors (Lipinski definition) is 4. The summed E-state index contributed by atoms with van der Waals surface area (Å²) in [6.45, 7) is 8.93. The van der Waals surface area contributed by atoms with Gasteiger partial charge in [0.1, 0.15) is 0 Å². The number of likely N-dealkylation sites (N-methyl/N-ethyl adjacent to an activating group) is 1. The van der Waals surface area contributed by atoms with Crippen LogP contribution in [0.3, 0.4) is 0 Å². The molecule has 0 bridgehead atoms. The van der Waals surface area contributed by atoms with E-state index in [9.17, 15) is 4.79 Å². The maximum absolute atomic E-state index is 11.9. The number of amides is 1. The molecular formula is C20H32N4O. The van der Waals surface area contributed by atoms with Crippen molar-refractivity contribution in [3.05, 3.63) is 29.8 Å². The highest BCUT2D eigenvalue weighted by atomic mass is 16.2. The molecule has 1 saturated carbocycles. The Hall–Kier alpha value is -1.59. The molecule has 1 aromatic rings. The smallest absolute Gasteiger partial charge is 0.234 e. The molecule has 2 fully saturated rings. The van der Waals surface area contributed by atoms with Crippen LogP contribution < -0.4 is 10.2 Å². The van der Waals surface area contributed by atoms with E-state index in [4.69, 9.17) is 0 Å². The zero-order valence-electron chi connectivity index (χ0n) is 15.7. The molecule has 0 radical (unpaired) electrons. The first-order chi connectivity index (χ1) is 12.1. The first-order valence-corrected chi connectivity index (χ1v) is 9.63. The Morgan fingerprint density at radius 1 is 1.24 bits per heavy atom. The van der Waals surface area contributed by atoms with Crippen molar-refractivity contribution in [2.75, 3.05) is 57.8 Å². The van der Waals surface area contributed by atoms with Gasteiger partial charge in [0, 0.05) is 44.5 Å². The lowest BCUT2D eigenvalue weighted by Crippen LogP contribution is -2.47. The lowest BCUT2D eigenvalue weighted by Gasteiger charge is -2.36. The van der Waals surface area contributed by atoms with Crippen molar-refractivity contribution < 1.29 is 4.79 Å². The van der Waals surface area contributed by atoms with Crippen LogP contribution in [0.1, 0.15) is 24.8 Å². The summed E-state index contributed by atoms with van der Waals surface area (Å²) in [6, 6.07) is 9.41. The standard InChI is InChI=1S/C20H32N4O/c1-17-5-3-6-19(15-17)24-13-11-23(12-14-24)10-4-9-21-20(25)16-22(2)18-7-8-18/h3,5-6,15,18H,4,7-14,16H2,1-2H3,(H,21,25). The number of hydrogen-bond donors (Lipinski definition) is 1. The van der Waals surface area contributed by atoms with Crippen molar-refractivity contribution in [2.24, 2.45) is 0 Å². The number of nitrogens with zero attached hydrogens (tertiary/aromatic N) is 3. The van der Waals surface area contributed by atoms with Crippen LogP contribution >= 0.6 is 0 Å². The molecule has 1 N–H and O–H groups in total. The van der Waals surface area contributed by atoms with E-state index >= 15 is 0 Å². The maximum atomic E-state index is 11.9.